The second-order valence-corrected chi connectivity index (χ2v) is 12.8. The SMILES string of the molecule is CC[SiH](C)O[Si](C)(CC)CCCOCC1CO1. The molecule has 0 aromatic heterocycles. The van der Waals surface area contributed by atoms with E-state index in [9.17, 15) is 0 Å². The van der Waals surface area contributed by atoms with Crippen LogP contribution in [0.1, 0.15) is 20.3 Å². The summed E-state index contributed by atoms with van der Waals surface area (Å²) in [7, 11) is -2.31. The van der Waals surface area contributed by atoms with E-state index in [1.807, 2.05) is 0 Å². The molecule has 0 amide bonds. The monoisotopic (exact) mass is 276 g/mol. The van der Waals surface area contributed by atoms with Crippen molar-refractivity contribution in [1.82, 2.24) is 0 Å². The van der Waals surface area contributed by atoms with Gasteiger partial charge in [0.15, 0.2) is 17.4 Å². The lowest BCUT2D eigenvalue weighted by Gasteiger charge is -2.29. The van der Waals surface area contributed by atoms with E-state index < -0.39 is 17.4 Å². The molecule has 3 unspecified atom stereocenters. The maximum absolute atomic E-state index is 6.37. The molecule has 0 aromatic rings. The highest BCUT2D eigenvalue weighted by atomic mass is 28.4. The topological polar surface area (TPSA) is 31.0 Å². The first-order valence-corrected chi connectivity index (χ1v) is 12.2. The van der Waals surface area contributed by atoms with Crippen LogP contribution < -0.4 is 0 Å². The molecule has 102 valence electrons. The van der Waals surface area contributed by atoms with Crippen molar-refractivity contribution < 1.29 is 13.6 Å². The van der Waals surface area contributed by atoms with Crippen LogP contribution in [0.25, 0.3) is 0 Å². The Morgan fingerprint density at radius 3 is 2.65 bits per heavy atom. The van der Waals surface area contributed by atoms with Gasteiger partial charge in [-0.1, -0.05) is 13.8 Å². The Morgan fingerprint density at radius 1 is 1.41 bits per heavy atom. The summed E-state index contributed by atoms with van der Waals surface area (Å²) in [6.45, 7) is 11.8. The number of hydrogen-bond acceptors (Lipinski definition) is 3. The minimum atomic E-state index is -1.42. The van der Waals surface area contributed by atoms with E-state index in [1.54, 1.807) is 0 Å². The lowest BCUT2D eigenvalue weighted by Crippen LogP contribution is -2.38. The van der Waals surface area contributed by atoms with E-state index in [2.05, 4.69) is 26.9 Å². The smallest absolute Gasteiger partial charge is 0.176 e. The van der Waals surface area contributed by atoms with Crippen LogP contribution in [0.5, 0.6) is 0 Å². The van der Waals surface area contributed by atoms with Crippen LogP contribution in [0.4, 0.5) is 0 Å². The molecular formula is C12H28O3Si2. The molecule has 3 atom stereocenters. The summed E-state index contributed by atoms with van der Waals surface area (Å²) in [5, 5.41) is 0. The second-order valence-electron chi connectivity index (χ2n) is 5.27. The highest BCUT2D eigenvalue weighted by Crippen LogP contribution is 2.21. The Morgan fingerprint density at radius 2 is 2.12 bits per heavy atom. The zero-order valence-corrected chi connectivity index (χ0v) is 14.0. The third-order valence-electron chi connectivity index (χ3n) is 3.51. The Labute approximate surface area is 109 Å². The molecule has 1 saturated heterocycles. The van der Waals surface area contributed by atoms with Crippen molar-refractivity contribution in [1.29, 1.82) is 0 Å². The highest BCUT2D eigenvalue weighted by molar-refractivity contribution is 6.79. The molecule has 0 N–H and O–H groups in total. The molecule has 1 fully saturated rings. The van der Waals surface area contributed by atoms with Gasteiger partial charge in [0, 0.05) is 6.61 Å². The van der Waals surface area contributed by atoms with Crippen LogP contribution in [0.3, 0.4) is 0 Å². The summed E-state index contributed by atoms with van der Waals surface area (Å²) in [5.41, 5.74) is 0. The molecule has 5 heteroatoms. The summed E-state index contributed by atoms with van der Waals surface area (Å²) in [6.07, 6.45) is 1.54. The van der Waals surface area contributed by atoms with Crippen LogP contribution in [0, 0.1) is 0 Å². The summed E-state index contributed by atoms with van der Waals surface area (Å²) in [5.74, 6) is 0. The minimum Gasteiger partial charge on any atom is -0.458 e. The Bertz CT molecular complexity index is 212. The molecule has 1 heterocycles. The van der Waals surface area contributed by atoms with Gasteiger partial charge in [0.25, 0.3) is 0 Å². The zero-order valence-electron chi connectivity index (χ0n) is 11.8. The molecule has 0 bridgehead atoms. The molecule has 0 aliphatic carbocycles. The maximum Gasteiger partial charge on any atom is 0.176 e. The van der Waals surface area contributed by atoms with Gasteiger partial charge in [0.1, 0.15) is 6.10 Å². The fraction of sp³-hybridized carbons (Fsp3) is 1.00. The predicted octanol–water partition coefficient (Wildman–Crippen LogP) is 2.78. The summed E-state index contributed by atoms with van der Waals surface area (Å²) >= 11 is 0. The molecular weight excluding hydrogens is 248 g/mol. The first-order valence-electron chi connectivity index (χ1n) is 6.96. The van der Waals surface area contributed by atoms with Crippen molar-refractivity contribution in [2.75, 3.05) is 19.8 Å². The van der Waals surface area contributed by atoms with Gasteiger partial charge >= 0.3 is 0 Å². The predicted molar refractivity (Wildman–Crippen MR) is 76.7 cm³/mol. The quantitative estimate of drug-likeness (QED) is 0.349. The summed E-state index contributed by atoms with van der Waals surface area (Å²) in [4.78, 5) is 0. The van der Waals surface area contributed by atoms with Gasteiger partial charge in [-0.05, 0) is 37.6 Å². The highest BCUT2D eigenvalue weighted by Gasteiger charge is 2.28. The number of ether oxygens (including phenoxy) is 2. The first-order chi connectivity index (χ1) is 8.09. The van der Waals surface area contributed by atoms with Gasteiger partial charge in [0.05, 0.1) is 13.2 Å². The molecule has 1 aliphatic rings. The largest absolute Gasteiger partial charge is 0.458 e. The molecule has 17 heavy (non-hydrogen) atoms. The van der Waals surface area contributed by atoms with Crippen LogP contribution in [0.2, 0.25) is 31.2 Å². The van der Waals surface area contributed by atoms with Crippen LogP contribution >= 0.6 is 0 Å². The van der Waals surface area contributed by atoms with E-state index in [1.165, 1.54) is 18.1 Å². The second kappa shape index (κ2) is 7.68. The van der Waals surface area contributed by atoms with E-state index >= 15 is 0 Å². The van der Waals surface area contributed by atoms with E-state index in [-0.39, 0.29) is 0 Å². The van der Waals surface area contributed by atoms with Crippen molar-refractivity contribution in [2.24, 2.45) is 0 Å². The average molecular weight is 277 g/mol. The van der Waals surface area contributed by atoms with Crippen LogP contribution in [-0.2, 0) is 13.6 Å². The summed E-state index contributed by atoms with van der Waals surface area (Å²) in [6, 6.07) is 3.72. The van der Waals surface area contributed by atoms with E-state index in [0.717, 1.165) is 26.2 Å². The van der Waals surface area contributed by atoms with Crippen LogP contribution in [0.15, 0.2) is 0 Å². The first kappa shape index (κ1) is 15.4. The van der Waals surface area contributed by atoms with Crippen molar-refractivity contribution in [3.8, 4) is 0 Å². The fourth-order valence-electron chi connectivity index (χ4n) is 1.82. The van der Waals surface area contributed by atoms with Gasteiger partial charge < -0.3 is 13.6 Å². The van der Waals surface area contributed by atoms with Crippen LogP contribution in [-0.4, -0.2) is 43.3 Å². The lowest BCUT2D eigenvalue weighted by molar-refractivity contribution is 0.116. The minimum absolute atomic E-state index is 0.397. The third-order valence-corrected chi connectivity index (χ3v) is 11.5. The zero-order chi connectivity index (χ0) is 12.7. The van der Waals surface area contributed by atoms with Gasteiger partial charge in [0.2, 0.25) is 0 Å². The standard InChI is InChI=1S/C12H28O3Si2/c1-5-16(3)15-17(4,6-2)9-7-8-13-10-12-11-14-12/h12,16H,5-11H2,1-4H3. The molecule has 0 radical (unpaired) electrons. The molecule has 0 aromatic carbocycles. The average Bonchev–Trinajstić information content (AvgIpc) is 3.12. The number of rotatable bonds is 10. The Balaban J connectivity index is 2.10. The molecule has 3 nitrogen and oxygen atoms in total. The Kier molecular flexibility index (Phi) is 6.95. The normalized spacial score (nSPS) is 24.4. The summed E-state index contributed by atoms with van der Waals surface area (Å²) < 4.78 is 17.1. The molecule has 1 rings (SSSR count). The maximum atomic E-state index is 6.37. The van der Waals surface area contributed by atoms with Crippen molar-refractivity contribution >= 4 is 17.4 Å². The molecule has 0 spiro atoms. The number of hydrogen-bond donors (Lipinski definition) is 0. The van der Waals surface area contributed by atoms with Gasteiger partial charge in [-0.25, -0.2) is 0 Å². The van der Waals surface area contributed by atoms with Crippen molar-refractivity contribution in [2.45, 2.75) is 57.6 Å². The van der Waals surface area contributed by atoms with E-state index in [4.69, 9.17) is 13.6 Å². The van der Waals surface area contributed by atoms with E-state index in [0.29, 0.717) is 6.10 Å². The van der Waals surface area contributed by atoms with Gasteiger partial charge in [-0.2, -0.15) is 0 Å². The van der Waals surface area contributed by atoms with Gasteiger partial charge in [-0.3, -0.25) is 0 Å². The van der Waals surface area contributed by atoms with Crippen molar-refractivity contribution in [3.63, 3.8) is 0 Å². The third kappa shape index (κ3) is 6.71. The molecule has 1 aliphatic heterocycles. The van der Waals surface area contributed by atoms with Gasteiger partial charge in [-0.15, -0.1) is 0 Å². The number of epoxide rings is 1. The fourth-order valence-corrected chi connectivity index (χ4v) is 8.75. The molecule has 0 saturated carbocycles. The lowest BCUT2D eigenvalue weighted by atomic mass is 10.5. The van der Waals surface area contributed by atoms with Crippen molar-refractivity contribution in [3.05, 3.63) is 0 Å². The Hall–Kier alpha value is 0.314.